The van der Waals surface area contributed by atoms with Gasteiger partial charge in [0, 0.05) is 24.5 Å². The number of carbonyl (C=O) groups is 1. The lowest BCUT2D eigenvalue weighted by atomic mass is 10.1. The summed E-state index contributed by atoms with van der Waals surface area (Å²) in [4.78, 5) is 21.2. The molecule has 0 unspecified atom stereocenters. The van der Waals surface area contributed by atoms with Crippen molar-refractivity contribution in [2.75, 3.05) is 0 Å². The molecular weight excluding hydrogens is 433 g/mol. The van der Waals surface area contributed by atoms with Crippen molar-refractivity contribution in [2.24, 2.45) is 0 Å². The third-order valence-corrected chi connectivity index (χ3v) is 5.38. The van der Waals surface area contributed by atoms with Gasteiger partial charge < -0.3 is 9.30 Å². The lowest BCUT2D eigenvalue weighted by Crippen LogP contribution is -2.23. The van der Waals surface area contributed by atoms with Gasteiger partial charge in [-0.25, -0.2) is 9.78 Å². The van der Waals surface area contributed by atoms with Crippen LogP contribution in [0.1, 0.15) is 36.7 Å². The van der Waals surface area contributed by atoms with Crippen LogP contribution in [0.4, 0.5) is 0 Å². The monoisotopic (exact) mass is 453 g/mol. The van der Waals surface area contributed by atoms with E-state index in [2.05, 4.69) is 9.55 Å². The first-order valence-electron chi connectivity index (χ1n) is 9.79. The number of carbonyl (C=O) groups excluding carboxylic acids is 1. The summed E-state index contributed by atoms with van der Waals surface area (Å²) in [5.41, 5.74) is 3.55. The molecule has 0 saturated heterocycles. The fourth-order valence-corrected chi connectivity index (χ4v) is 3.58. The summed E-state index contributed by atoms with van der Waals surface area (Å²) in [7, 11) is 0. The van der Waals surface area contributed by atoms with Crippen LogP contribution < -0.4 is 0 Å². The van der Waals surface area contributed by atoms with Gasteiger partial charge >= 0.3 is 5.97 Å². The van der Waals surface area contributed by atoms with Crippen LogP contribution in [-0.4, -0.2) is 26.1 Å². The van der Waals surface area contributed by atoms with Crippen LogP contribution in [-0.2, 0) is 11.3 Å². The minimum atomic E-state index is -0.536. The Balaban J connectivity index is 1.72. The fraction of sp³-hybridized carbons (Fsp3) is 0.208. The van der Waals surface area contributed by atoms with E-state index in [-0.39, 0.29) is 5.97 Å². The standard InChI is InChI=1S/C24H21Cl2N3O2/c1-24(2,3)31-23(30)17-6-4-15(5-7-17)14-29-21-13-19(26)18(25)12-20(21)28-22(29)16-8-10-27-11-9-16/h4-13H,14H2,1-3H3. The molecule has 0 aliphatic carbocycles. The summed E-state index contributed by atoms with van der Waals surface area (Å²) >= 11 is 12.5. The molecular formula is C24H21Cl2N3O2. The predicted molar refractivity (Wildman–Crippen MR) is 124 cm³/mol. The summed E-state index contributed by atoms with van der Waals surface area (Å²) in [5, 5.41) is 0.929. The molecule has 7 heteroatoms. The highest BCUT2D eigenvalue weighted by Crippen LogP contribution is 2.32. The van der Waals surface area contributed by atoms with Crippen LogP contribution in [0.15, 0.2) is 60.9 Å². The zero-order valence-corrected chi connectivity index (χ0v) is 18.9. The lowest BCUT2D eigenvalue weighted by molar-refractivity contribution is 0.00695. The second-order valence-corrected chi connectivity index (χ2v) is 9.03. The molecule has 5 nitrogen and oxygen atoms in total. The van der Waals surface area contributed by atoms with Crippen LogP contribution in [0.25, 0.3) is 22.4 Å². The lowest BCUT2D eigenvalue weighted by Gasteiger charge is -2.19. The maximum absolute atomic E-state index is 12.3. The minimum Gasteiger partial charge on any atom is -0.456 e. The summed E-state index contributed by atoms with van der Waals surface area (Å²) < 4.78 is 7.52. The smallest absolute Gasteiger partial charge is 0.338 e. The van der Waals surface area contributed by atoms with E-state index in [0.717, 1.165) is 28.0 Å². The third kappa shape index (κ3) is 4.73. The molecule has 0 aliphatic rings. The zero-order valence-electron chi connectivity index (χ0n) is 17.4. The Morgan fingerprint density at radius 3 is 2.29 bits per heavy atom. The van der Waals surface area contributed by atoms with E-state index in [1.54, 1.807) is 30.6 Å². The molecule has 2 aromatic carbocycles. The van der Waals surface area contributed by atoms with Gasteiger partial charge in [0.2, 0.25) is 0 Å². The summed E-state index contributed by atoms with van der Waals surface area (Å²) in [6, 6.07) is 14.8. The molecule has 0 saturated carbocycles. The molecule has 0 aliphatic heterocycles. The minimum absolute atomic E-state index is 0.342. The highest BCUT2D eigenvalue weighted by atomic mass is 35.5. The molecule has 4 aromatic rings. The maximum Gasteiger partial charge on any atom is 0.338 e. The van der Waals surface area contributed by atoms with E-state index in [1.165, 1.54) is 0 Å². The Bertz CT molecular complexity index is 1240. The van der Waals surface area contributed by atoms with Crippen molar-refractivity contribution in [3.63, 3.8) is 0 Å². The first-order chi connectivity index (χ1) is 14.7. The van der Waals surface area contributed by atoms with Crippen LogP contribution in [0, 0.1) is 0 Å². The van der Waals surface area contributed by atoms with Crippen molar-refractivity contribution >= 4 is 40.2 Å². The number of imidazole rings is 1. The third-order valence-electron chi connectivity index (χ3n) is 4.66. The van der Waals surface area contributed by atoms with Gasteiger partial charge in [0.15, 0.2) is 0 Å². The second-order valence-electron chi connectivity index (χ2n) is 8.21. The molecule has 0 N–H and O–H groups in total. The summed E-state index contributed by atoms with van der Waals surface area (Å²) in [5.74, 6) is 0.443. The van der Waals surface area contributed by atoms with Gasteiger partial charge in [-0.3, -0.25) is 4.98 Å². The number of pyridine rings is 1. The van der Waals surface area contributed by atoms with E-state index in [0.29, 0.717) is 22.2 Å². The van der Waals surface area contributed by atoms with Crippen LogP contribution in [0.5, 0.6) is 0 Å². The number of rotatable bonds is 4. The van der Waals surface area contributed by atoms with Crippen molar-refractivity contribution in [3.8, 4) is 11.4 Å². The Hall–Kier alpha value is -2.89. The van der Waals surface area contributed by atoms with Gasteiger partial charge in [-0.15, -0.1) is 0 Å². The summed E-state index contributed by atoms with van der Waals surface area (Å²) in [6.07, 6.45) is 3.46. The normalized spacial score (nSPS) is 11.6. The molecule has 2 aromatic heterocycles. The van der Waals surface area contributed by atoms with Crippen molar-refractivity contribution in [3.05, 3.63) is 82.1 Å². The number of hydrogen-bond acceptors (Lipinski definition) is 4. The number of hydrogen-bond donors (Lipinski definition) is 0. The van der Waals surface area contributed by atoms with E-state index in [1.807, 2.05) is 51.1 Å². The van der Waals surface area contributed by atoms with Crippen molar-refractivity contribution in [1.29, 1.82) is 0 Å². The Labute approximate surface area is 190 Å². The predicted octanol–water partition coefficient (Wildman–Crippen LogP) is 6.41. The van der Waals surface area contributed by atoms with Gasteiger partial charge in [-0.05, 0) is 62.7 Å². The van der Waals surface area contributed by atoms with Crippen LogP contribution in [0.2, 0.25) is 10.0 Å². The Kier molecular flexibility index (Phi) is 5.73. The number of nitrogens with zero attached hydrogens (tertiary/aromatic N) is 3. The van der Waals surface area contributed by atoms with Gasteiger partial charge in [0.05, 0.1) is 26.6 Å². The molecule has 31 heavy (non-hydrogen) atoms. The highest BCUT2D eigenvalue weighted by molar-refractivity contribution is 6.42. The van der Waals surface area contributed by atoms with Crippen LogP contribution in [0.3, 0.4) is 0 Å². The van der Waals surface area contributed by atoms with Gasteiger partial charge in [-0.2, -0.15) is 0 Å². The SMILES string of the molecule is CC(C)(C)OC(=O)c1ccc(Cn2c(-c3ccncc3)nc3cc(Cl)c(Cl)cc32)cc1. The van der Waals surface area contributed by atoms with E-state index >= 15 is 0 Å². The molecule has 158 valence electrons. The average molecular weight is 454 g/mol. The fourth-order valence-electron chi connectivity index (χ4n) is 3.27. The number of aromatic nitrogens is 3. The van der Waals surface area contributed by atoms with Crippen molar-refractivity contribution < 1.29 is 9.53 Å². The molecule has 2 heterocycles. The zero-order chi connectivity index (χ0) is 22.2. The van der Waals surface area contributed by atoms with Gasteiger partial charge in [-0.1, -0.05) is 35.3 Å². The topological polar surface area (TPSA) is 57.0 Å². The Morgan fingerprint density at radius 2 is 1.65 bits per heavy atom. The van der Waals surface area contributed by atoms with Crippen molar-refractivity contribution in [1.82, 2.24) is 14.5 Å². The van der Waals surface area contributed by atoms with Crippen LogP contribution >= 0.6 is 23.2 Å². The number of halogens is 2. The van der Waals surface area contributed by atoms with Crippen molar-refractivity contribution in [2.45, 2.75) is 32.9 Å². The average Bonchev–Trinajstić information content (AvgIpc) is 3.05. The quantitative estimate of drug-likeness (QED) is 0.335. The second kappa shape index (κ2) is 8.33. The Morgan fingerprint density at radius 1 is 1.00 bits per heavy atom. The number of fused-ring (bicyclic) bond motifs is 1. The molecule has 0 fully saturated rings. The number of benzene rings is 2. The number of ether oxygens (including phenoxy) is 1. The first-order valence-corrected chi connectivity index (χ1v) is 10.5. The molecule has 0 radical (unpaired) electrons. The van der Waals surface area contributed by atoms with Gasteiger partial charge in [0.1, 0.15) is 11.4 Å². The van der Waals surface area contributed by atoms with Gasteiger partial charge in [0.25, 0.3) is 0 Å². The molecule has 4 rings (SSSR count). The molecule has 0 atom stereocenters. The largest absolute Gasteiger partial charge is 0.456 e. The number of esters is 1. The highest BCUT2D eigenvalue weighted by Gasteiger charge is 2.18. The summed E-state index contributed by atoms with van der Waals surface area (Å²) in [6.45, 7) is 6.09. The molecule has 0 spiro atoms. The first kappa shape index (κ1) is 21.3. The van der Waals surface area contributed by atoms with E-state index < -0.39 is 5.60 Å². The molecule has 0 amide bonds. The van der Waals surface area contributed by atoms with E-state index in [9.17, 15) is 4.79 Å². The molecule has 0 bridgehead atoms. The van der Waals surface area contributed by atoms with E-state index in [4.69, 9.17) is 32.9 Å². The maximum atomic E-state index is 12.3.